The van der Waals surface area contributed by atoms with Crippen LogP contribution < -0.4 is 0 Å². The van der Waals surface area contributed by atoms with E-state index in [2.05, 4.69) is 5.16 Å². The zero-order valence-electron chi connectivity index (χ0n) is 10.9. The Bertz CT molecular complexity index is 309. The van der Waals surface area contributed by atoms with Gasteiger partial charge in [0.1, 0.15) is 5.92 Å². The number of rotatable bonds is 5. The van der Waals surface area contributed by atoms with Crippen molar-refractivity contribution in [3.05, 3.63) is 0 Å². The number of nitrogens with zero attached hydrogens (tertiary/aromatic N) is 1. The molecule has 0 spiro atoms. The molecule has 17 heavy (non-hydrogen) atoms. The topological polar surface area (TPSA) is 66.4 Å². The predicted molar refractivity (Wildman–Crippen MR) is 60.5 cm³/mol. The maximum Gasteiger partial charge on any atom is 0.318 e. The number of oxime groups is 1. The minimum atomic E-state index is -0.700. The molecule has 1 aliphatic heterocycles. The molecule has 98 valence electrons. The van der Waals surface area contributed by atoms with Gasteiger partial charge in [-0.15, -0.1) is 0 Å². The molecule has 0 saturated carbocycles. The van der Waals surface area contributed by atoms with Crippen LogP contribution in [0.25, 0.3) is 0 Å². The lowest BCUT2D eigenvalue weighted by atomic mass is 9.86. The van der Waals surface area contributed by atoms with E-state index in [1.807, 2.05) is 0 Å². The molecule has 6 nitrogen and oxygen atoms in total. The van der Waals surface area contributed by atoms with Crippen LogP contribution in [0.4, 0.5) is 0 Å². The van der Waals surface area contributed by atoms with E-state index in [0.717, 1.165) is 0 Å². The van der Waals surface area contributed by atoms with Gasteiger partial charge in [0.05, 0.1) is 12.8 Å². The molecular weight excluding hydrogens is 226 g/mol. The van der Waals surface area contributed by atoms with Crippen LogP contribution in [0.3, 0.4) is 0 Å². The minimum absolute atomic E-state index is 0.364. The van der Waals surface area contributed by atoms with Gasteiger partial charge < -0.3 is 19.0 Å². The molecule has 0 aromatic rings. The van der Waals surface area contributed by atoms with E-state index >= 15 is 0 Å². The van der Waals surface area contributed by atoms with Crippen LogP contribution in [0.5, 0.6) is 0 Å². The van der Waals surface area contributed by atoms with Crippen molar-refractivity contribution in [1.29, 1.82) is 0 Å². The zero-order valence-corrected chi connectivity index (χ0v) is 10.9. The van der Waals surface area contributed by atoms with Gasteiger partial charge >= 0.3 is 5.97 Å². The van der Waals surface area contributed by atoms with Crippen LogP contribution in [0, 0.1) is 5.92 Å². The van der Waals surface area contributed by atoms with Gasteiger partial charge in [-0.1, -0.05) is 5.16 Å². The number of methoxy groups -OCH3 is 3. The molecule has 0 aromatic heterocycles. The molecular formula is C11H19NO5. The van der Waals surface area contributed by atoms with E-state index in [1.54, 1.807) is 13.8 Å². The van der Waals surface area contributed by atoms with E-state index in [0.29, 0.717) is 12.1 Å². The summed E-state index contributed by atoms with van der Waals surface area (Å²) >= 11 is 0. The van der Waals surface area contributed by atoms with Crippen molar-refractivity contribution in [2.45, 2.75) is 32.2 Å². The lowest BCUT2D eigenvalue weighted by Crippen LogP contribution is -2.40. The highest BCUT2D eigenvalue weighted by Crippen LogP contribution is 2.32. The Morgan fingerprint density at radius 1 is 1.41 bits per heavy atom. The predicted octanol–water partition coefficient (Wildman–Crippen LogP) is 0.949. The van der Waals surface area contributed by atoms with Crippen molar-refractivity contribution in [2.24, 2.45) is 11.1 Å². The summed E-state index contributed by atoms with van der Waals surface area (Å²) in [6.45, 7) is 3.58. The molecule has 0 radical (unpaired) electrons. The molecule has 6 heteroatoms. The van der Waals surface area contributed by atoms with Gasteiger partial charge in [-0.05, 0) is 13.8 Å². The Hall–Kier alpha value is -1.14. The molecule has 0 N–H and O–H groups in total. The fourth-order valence-electron chi connectivity index (χ4n) is 1.81. The third-order valence-electron chi connectivity index (χ3n) is 2.77. The number of carbonyl (C=O) groups is 1. The Morgan fingerprint density at radius 3 is 2.47 bits per heavy atom. The summed E-state index contributed by atoms with van der Waals surface area (Å²) in [5.41, 5.74) is -0.121. The first kappa shape index (κ1) is 13.9. The van der Waals surface area contributed by atoms with Gasteiger partial charge in [0.15, 0.2) is 11.9 Å². The SMILES string of the molecule is COC(=O)C1C(CC(OC)OC)=NOC1(C)C. The van der Waals surface area contributed by atoms with E-state index in [4.69, 9.17) is 19.0 Å². The van der Waals surface area contributed by atoms with Gasteiger partial charge in [-0.2, -0.15) is 0 Å². The summed E-state index contributed by atoms with van der Waals surface area (Å²) in [7, 11) is 4.41. The largest absolute Gasteiger partial charge is 0.468 e. The molecule has 0 aromatic carbocycles. The van der Waals surface area contributed by atoms with Crippen molar-refractivity contribution < 1.29 is 23.8 Å². The van der Waals surface area contributed by atoms with Crippen molar-refractivity contribution >= 4 is 11.7 Å². The third-order valence-corrected chi connectivity index (χ3v) is 2.77. The van der Waals surface area contributed by atoms with E-state index in [1.165, 1.54) is 21.3 Å². The van der Waals surface area contributed by atoms with Crippen LogP contribution >= 0.6 is 0 Å². The molecule has 1 atom stereocenters. The van der Waals surface area contributed by atoms with Gasteiger partial charge in [0.25, 0.3) is 0 Å². The fourth-order valence-corrected chi connectivity index (χ4v) is 1.81. The molecule has 0 saturated heterocycles. The third kappa shape index (κ3) is 2.95. The molecule has 0 fully saturated rings. The Morgan fingerprint density at radius 2 is 2.00 bits per heavy atom. The second-order valence-electron chi connectivity index (χ2n) is 4.34. The summed E-state index contributed by atoms with van der Waals surface area (Å²) < 4.78 is 14.9. The van der Waals surface area contributed by atoms with Crippen LogP contribution in [0.2, 0.25) is 0 Å². The molecule has 1 rings (SSSR count). The highest BCUT2D eigenvalue weighted by molar-refractivity contribution is 6.04. The van der Waals surface area contributed by atoms with Gasteiger partial charge in [0, 0.05) is 20.6 Å². The molecule has 1 unspecified atom stereocenters. The Balaban J connectivity index is 2.81. The normalized spacial score (nSPS) is 22.2. The van der Waals surface area contributed by atoms with Gasteiger partial charge in [0.2, 0.25) is 0 Å². The van der Waals surface area contributed by atoms with Crippen molar-refractivity contribution in [2.75, 3.05) is 21.3 Å². The van der Waals surface area contributed by atoms with Crippen LogP contribution in [0.1, 0.15) is 20.3 Å². The lowest BCUT2D eigenvalue weighted by molar-refractivity contribution is -0.149. The number of hydrogen-bond donors (Lipinski definition) is 0. The number of esters is 1. The highest BCUT2D eigenvalue weighted by atomic mass is 16.7. The first-order valence-electron chi connectivity index (χ1n) is 5.34. The van der Waals surface area contributed by atoms with Crippen molar-refractivity contribution in [1.82, 2.24) is 0 Å². The van der Waals surface area contributed by atoms with Gasteiger partial charge in [-0.3, -0.25) is 4.79 Å². The average molecular weight is 245 g/mol. The molecule has 0 aliphatic carbocycles. The summed E-state index contributed by atoms with van der Waals surface area (Å²) in [5.74, 6) is -0.891. The summed E-state index contributed by atoms with van der Waals surface area (Å²) in [5, 5.41) is 3.93. The summed E-state index contributed by atoms with van der Waals surface area (Å²) in [6, 6.07) is 0. The Kier molecular flexibility index (Phi) is 4.47. The fraction of sp³-hybridized carbons (Fsp3) is 0.818. The van der Waals surface area contributed by atoms with Crippen LogP contribution in [-0.2, 0) is 23.8 Å². The monoisotopic (exact) mass is 245 g/mol. The second-order valence-corrected chi connectivity index (χ2v) is 4.34. The quantitative estimate of drug-likeness (QED) is 0.533. The van der Waals surface area contributed by atoms with Crippen LogP contribution in [0.15, 0.2) is 5.16 Å². The number of ether oxygens (including phenoxy) is 3. The summed E-state index contributed by atoms with van der Waals surface area (Å²) in [4.78, 5) is 17.0. The van der Waals surface area contributed by atoms with Crippen molar-refractivity contribution in [3.8, 4) is 0 Å². The molecule has 1 heterocycles. The standard InChI is InChI=1S/C11H19NO5/c1-11(2)9(10(13)16-5)7(12-17-11)6-8(14-3)15-4/h8-9H,6H2,1-5H3. The van der Waals surface area contributed by atoms with E-state index < -0.39 is 17.8 Å². The first-order chi connectivity index (χ1) is 7.96. The first-order valence-corrected chi connectivity index (χ1v) is 5.34. The highest BCUT2D eigenvalue weighted by Gasteiger charge is 2.47. The van der Waals surface area contributed by atoms with E-state index in [9.17, 15) is 4.79 Å². The minimum Gasteiger partial charge on any atom is -0.468 e. The smallest absolute Gasteiger partial charge is 0.318 e. The molecule has 1 aliphatic rings. The van der Waals surface area contributed by atoms with Crippen LogP contribution in [-0.4, -0.2) is 44.9 Å². The zero-order chi connectivity index (χ0) is 13.1. The summed E-state index contributed by atoms with van der Waals surface area (Å²) in [6.07, 6.45) is -0.0747. The lowest BCUT2D eigenvalue weighted by Gasteiger charge is -2.23. The second kappa shape index (κ2) is 5.46. The van der Waals surface area contributed by atoms with Crippen molar-refractivity contribution in [3.63, 3.8) is 0 Å². The average Bonchev–Trinajstić information content (AvgIpc) is 2.60. The maximum absolute atomic E-state index is 11.7. The van der Waals surface area contributed by atoms with Gasteiger partial charge in [-0.25, -0.2) is 0 Å². The molecule has 0 amide bonds. The number of carbonyl (C=O) groups excluding carboxylic acids is 1. The maximum atomic E-state index is 11.7. The number of hydrogen-bond acceptors (Lipinski definition) is 6. The molecule has 0 bridgehead atoms. The van der Waals surface area contributed by atoms with E-state index in [-0.39, 0.29) is 5.97 Å². The Labute approximate surface area is 101 Å².